The zero-order valence-corrected chi connectivity index (χ0v) is 8.45. The minimum absolute atomic E-state index is 0.192. The molecule has 0 radical (unpaired) electrons. The molecule has 0 aromatic heterocycles. The van der Waals surface area contributed by atoms with Gasteiger partial charge in [-0.2, -0.15) is 0 Å². The molecule has 68 valence electrons. The highest BCUT2D eigenvalue weighted by molar-refractivity contribution is 6.30. The zero-order chi connectivity index (χ0) is 9.56. The fourth-order valence-corrected chi connectivity index (χ4v) is 0.877. The fourth-order valence-electron chi connectivity index (χ4n) is 0.760. The van der Waals surface area contributed by atoms with Crippen LogP contribution in [0.1, 0.15) is 26.3 Å². The lowest BCUT2D eigenvalue weighted by molar-refractivity contribution is 0.626. The van der Waals surface area contributed by atoms with Gasteiger partial charge in [-0.1, -0.05) is 38.4 Å². The lowest BCUT2D eigenvalue weighted by Crippen LogP contribution is -1.82. The molecule has 0 amide bonds. The van der Waals surface area contributed by atoms with Crippen LogP contribution in [0.2, 0.25) is 5.02 Å². The van der Waals surface area contributed by atoms with Crippen LogP contribution in [0.5, 0.6) is 0 Å². The first kappa shape index (κ1) is 11.4. The molecular weight excluding hydrogens is 175 g/mol. The Morgan fingerprint density at radius 1 is 1.33 bits per heavy atom. The second-order valence-corrected chi connectivity index (χ2v) is 2.51. The maximum Gasteiger partial charge on any atom is 0.142 e. The Kier molecular flexibility index (Phi) is 5.73. The van der Waals surface area contributed by atoms with Gasteiger partial charge < -0.3 is 0 Å². The van der Waals surface area contributed by atoms with Crippen molar-refractivity contribution in [1.29, 1.82) is 0 Å². The summed E-state index contributed by atoms with van der Waals surface area (Å²) in [5.74, 6) is -0.332. The van der Waals surface area contributed by atoms with Gasteiger partial charge in [0.15, 0.2) is 0 Å². The van der Waals surface area contributed by atoms with Crippen LogP contribution in [-0.4, -0.2) is 0 Å². The third-order valence-electron chi connectivity index (χ3n) is 1.39. The Hall–Kier alpha value is -0.560. The summed E-state index contributed by atoms with van der Waals surface area (Å²) in [6.45, 7) is 5.97. The molecule has 0 fully saturated rings. The van der Waals surface area contributed by atoms with Crippen LogP contribution in [0.3, 0.4) is 0 Å². The van der Waals surface area contributed by atoms with E-state index in [0.29, 0.717) is 0 Å². The number of rotatable bonds is 1. The minimum atomic E-state index is -0.332. The second kappa shape index (κ2) is 6.01. The van der Waals surface area contributed by atoms with Crippen molar-refractivity contribution in [1.82, 2.24) is 0 Å². The summed E-state index contributed by atoms with van der Waals surface area (Å²) in [6.07, 6.45) is 0.841. The van der Waals surface area contributed by atoms with E-state index >= 15 is 0 Å². The monoisotopic (exact) mass is 188 g/mol. The second-order valence-electron chi connectivity index (χ2n) is 2.10. The number of halogens is 2. The van der Waals surface area contributed by atoms with Gasteiger partial charge in [-0.15, -0.1) is 0 Å². The number of benzene rings is 1. The van der Waals surface area contributed by atoms with E-state index in [9.17, 15) is 4.39 Å². The van der Waals surface area contributed by atoms with Gasteiger partial charge in [0.05, 0.1) is 5.02 Å². The van der Waals surface area contributed by atoms with Crippen molar-refractivity contribution in [3.05, 3.63) is 34.6 Å². The maximum absolute atomic E-state index is 12.6. The predicted molar refractivity (Wildman–Crippen MR) is 52.1 cm³/mol. The zero-order valence-electron chi connectivity index (χ0n) is 7.70. The third-order valence-corrected chi connectivity index (χ3v) is 1.70. The average molecular weight is 189 g/mol. The van der Waals surface area contributed by atoms with Gasteiger partial charge >= 0.3 is 0 Å². The van der Waals surface area contributed by atoms with E-state index in [1.807, 2.05) is 26.8 Å². The first-order chi connectivity index (χ1) is 5.74. The molecule has 0 spiro atoms. The van der Waals surface area contributed by atoms with Crippen molar-refractivity contribution in [3.8, 4) is 0 Å². The van der Waals surface area contributed by atoms with Crippen molar-refractivity contribution in [2.24, 2.45) is 0 Å². The molecule has 2 heteroatoms. The van der Waals surface area contributed by atoms with Gasteiger partial charge in [0.2, 0.25) is 0 Å². The first-order valence-corrected chi connectivity index (χ1v) is 4.55. The molecule has 1 aromatic carbocycles. The van der Waals surface area contributed by atoms with E-state index in [2.05, 4.69) is 0 Å². The average Bonchev–Trinajstić information content (AvgIpc) is 2.13. The number of aryl methyl sites for hydroxylation is 1. The Morgan fingerprint density at radius 3 is 2.33 bits per heavy atom. The van der Waals surface area contributed by atoms with Gasteiger partial charge in [0.1, 0.15) is 5.82 Å². The Labute approximate surface area is 78.4 Å². The van der Waals surface area contributed by atoms with Crippen molar-refractivity contribution in [2.45, 2.75) is 27.2 Å². The van der Waals surface area contributed by atoms with E-state index in [1.165, 1.54) is 6.07 Å². The molecule has 0 aliphatic heterocycles. The van der Waals surface area contributed by atoms with E-state index in [1.54, 1.807) is 6.07 Å². The van der Waals surface area contributed by atoms with Crippen molar-refractivity contribution in [3.63, 3.8) is 0 Å². The predicted octanol–water partition coefficient (Wildman–Crippen LogP) is 4.07. The van der Waals surface area contributed by atoms with Crippen LogP contribution in [-0.2, 0) is 6.42 Å². The molecule has 0 atom stereocenters. The van der Waals surface area contributed by atoms with Crippen molar-refractivity contribution < 1.29 is 4.39 Å². The molecule has 0 saturated carbocycles. The van der Waals surface area contributed by atoms with E-state index < -0.39 is 0 Å². The van der Waals surface area contributed by atoms with Gasteiger partial charge in [0.25, 0.3) is 0 Å². The smallest absolute Gasteiger partial charge is 0.142 e. The summed E-state index contributed by atoms with van der Waals surface area (Å²) in [5, 5.41) is 0.192. The summed E-state index contributed by atoms with van der Waals surface area (Å²) < 4.78 is 12.6. The van der Waals surface area contributed by atoms with Crippen LogP contribution in [0.25, 0.3) is 0 Å². The minimum Gasteiger partial charge on any atom is -0.205 e. The lowest BCUT2D eigenvalue weighted by atomic mass is 10.2. The maximum atomic E-state index is 12.6. The largest absolute Gasteiger partial charge is 0.205 e. The molecule has 1 aromatic rings. The number of hydrogen-bond donors (Lipinski definition) is 0. The lowest BCUT2D eigenvalue weighted by Gasteiger charge is -1.96. The SMILES string of the molecule is CC.CCc1ccc(Cl)c(F)c1. The quantitative estimate of drug-likeness (QED) is 0.624. The van der Waals surface area contributed by atoms with Crippen molar-refractivity contribution in [2.75, 3.05) is 0 Å². The molecule has 0 unspecified atom stereocenters. The summed E-state index contributed by atoms with van der Waals surface area (Å²) in [6, 6.07) is 4.86. The molecule has 0 N–H and O–H groups in total. The Bertz CT molecular complexity index is 233. The van der Waals surface area contributed by atoms with Gasteiger partial charge in [-0.25, -0.2) is 4.39 Å². The normalized spacial score (nSPS) is 8.75. The van der Waals surface area contributed by atoms with Crippen LogP contribution >= 0.6 is 11.6 Å². The molecule has 0 saturated heterocycles. The molecule has 0 aliphatic carbocycles. The molecule has 0 aliphatic rings. The highest BCUT2D eigenvalue weighted by Crippen LogP contribution is 2.15. The molecule has 0 nitrogen and oxygen atoms in total. The Balaban J connectivity index is 0.000000561. The van der Waals surface area contributed by atoms with Crippen LogP contribution < -0.4 is 0 Å². The standard InChI is InChI=1S/C8H8ClF.C2H6/c1-2-6-3-4-7(9)8(10)5-6;1-2/h3-5H,2H2,1H3;1-2H3. The summed E-state index contributed by atoms with van der Waals surface area (Å²) >= 11 is 5.46. The molecule has 1 rings (SSSR count). The van der Waals surface area contributed by atoms with Gasteiger partial charge in [-0.3, -0.25) is 0 Å². The van der Waals surface area contributed by atoms with E-state index in [0.717, 1.165) is 12.0 Å². The van der Waals surface area contributed by atoms with Crippen LogP contribution in [0.15, 0.2) is 18.2 Å². The molecule has 0 bridgehead atoms. The van der Waals surface area contributed by atoms with Gasteiger partial charge in [-0.05, 0) is 24.1 Å². The first-order valence-electron chi connectivity index (χ1n) is 4.18. The molecular formula is C10H14ClF. The fraction of sp³-hybridized carbons (Fsp3) is 0.400. The highest BCUT2D eigenvalue weighted by atomic mass is 35.5. The Morgan fingerprint density at radius 2 is 1.92 bits per heavy atom. The summed E-state index contributed by atoms with van der Waals surface area (Å²) in [7, 11) is 0. The van der Waals surface area contributed by atoms with Crippen LogP contribution in [0, 0.1) is 5.82 Å². The molecule has 0 heterocycles. The summed E-state index contributed by atoms with van der Waals surface area (Å²) in [4.78, 5) is 0. The topological polar surface area (TPSA) is 0 Å². The number of hydrogen-bond acceptors (Lipinski definition) is 0. The highest BCUT2D eigenvalue weighted by Gasteiger charge is 1.97. The summed E-state index contributed by atoms with van der Waals surface area (Å²) in [5.41, 5.74) is 0.974. The van der Waals surface area contributed by atoms with Gasteiger partial charge in [0, 0.05) is 0 Å². The van der Waals surface area contributed by atoms with Crippen molar-refractivity contribution >= 4 is 11.6 Å². The van der Waals surface area contributed by atoms with E-state index in [4.69, 9.17) is 11.6 Å². The van der Waals surface area contributed by atoms with Crippen LogP contribution in [0.4, 0.5) is 4.39 Å². The molecule has 12 heavy (non-hydrogen) atoms. The third kappa shape index (κ3) is 3.22. The van der Waals surface area contributed by atoms with E-state index in [-0.39, 0.29) is 10.8 Å².